The number of hydrogen-bond donors (Lipinski definition) is 3. The van der Waals surface area contributed by atoms with Gasteiger partial charge in [-0.25, -0.2) is 0 Å². The van der Waals surface area contributed by atoms with Crippen LogP contribution in [0.25, 0.3) is 6.08 Å². The zero-order chi connectivity index (χ0) is 28.5. The monoisotopic (exact) mass is 549 g/mol. The minimum absolute atomic E-state index is 0.111. The molecule has 0 spiro atoms. The van der Waals surface area contributed by atoms with Crippen LogP contribution in [0.4, 0.5) is 11.4 Å². The highest BCUT2D eigenvalue weighted by Gasteiger charge is 2.16. The lowest BCUT2D eigenvalue weighted by molar-refractivity contribution is -0.114. The Balaban J connectivity index is 1.46. The summed E-state index contributed by atoms with van der Waals surface area (Å²) in [6, 6.07) is 29.6. The first-order valence-electron chi connectivity index (χ1n) is 12.8. The maximum atomic E-state index is 13.4. The fraction of sp³-hybridized carbons (Fsp3) is 0.121. The van der Waals surface area contributed by atoms with E-state index in [-0.39, 0.29) is 23.3 Å². The van der Waals surface area contributed by atoms with E-state index in [1.54, 1.807) is 42.5 Å². The lowest BCUT2D eigenvalue weighted by Gasteiger charge is -2.13. The summed E-state index contributed by atoms with van der Waals surface area (Å²) >= 11 is 1.37. The molecule has 0 saturated heterocycles. The van der Waals surface area contributed by atoms with E-state index in [0.29, 0.717) is 11.3 Å². The van der Waals surface area contributed by atoms with Gasteiger partial charge in [0, 0.05) is 21.8 Å². The first-order valence-corrected chi connectivity index (χ1v) is 13.8. The second-order valence-corrected chi connectivity index (χ2v) is 10.4. The molecule has 202 valence electrons. The van der Waals surface area contributed by atoms with Crippen molar-refractivity contribution in [3.8, 4) is 0 Å². The average Bonchev–Trinajstić information content (AvgIpc) is 2.95. The molecule has 0 aromatic heterocycles. The van der Waals surface area contributed by atoms with Gasteiger partial charge in [0.05, 0.1) is 5.75 Å². The number of thioether (sulfide) groups is 1. The molecule has 4 aromatic carbocycles. The van der Waals surface area contributed by atoms with Crippen molar-refractivity contribution in [2.75, 3.05) is 16.4 Å². The van der Waals surface area contributed by atoms with E-state index in [1.807, 2.05) is 81.4 Å². The van der Waals surface area contributed by atoms with E-state index >= 15 is 0 Å². The Bertz CT molecular complexity index is 1560. The summed E-state index contributed by atoms with van der Waals surface area (Å²) in [6.45, 7) is 5.88. The maximum absolute atomic E-state index is 13.4. The normalized spacial score (nSPS) is 11.0. The molecule has 0 aliphatic rings. The van der Waals surface area contributed by atoms with Crippen LogP contribution in [0.3, 0.4) is 0 Å². The van der Waals surface area contributed by atoms with Crippen LogP contribution in [0.2, 0.25) is 0 Å². The molecule has 0 unspecified atom stereocenters. The smallest absolute Gasteiger partial charge is 0.272 e. The number of anilines is 2. The predicted molar refractivity (Wildman–Crippen MR) is 163 cm³/mol. The fourth-order valence-electron chi connectivity index (χ4n) is 3.91. The molecule has 0 aliphatic carbocycles. The zero-order valence-corrected chi connectivity index (χ0v) is 23.5. The van der Waals surface area contributed by atoms with Crippen molar-refractivity contribution in [2.45, 2.75) is 25.7 Å². The second kappa shape index (κ2) is 13.4. The lowest BCUT2D eigenvalue weighted by atomic mass is 10.1. The summed E-state index contributed by atoms with van der Waals surface area (Å²) in [5, 5.41) is 8.62. The highest BCUT2D eigenvalue weighted by molar-refractivity contribution is 8.00. The van der Waals surface area contributed by atoms with Crippen molar-refractivity contribution in [1.29, 1.82) is 0 Å². The van der Waals surface area contributed by atoms with Crippen LogP contribution in [0, 0.1) is 20.8 Å². The van der Waals surface area contributed by atoms with Crippen molar-refractivity contribution in [3.05, 3.63) is 131 Å². The van der Waals surface area contributed by atoms with E-state index < -0.39 is 5.91 Å². The summed E-state index contributed by atoms with van der Waals surface area (Å²) in [5.41, 5.74) is 5.79. The third-order valence-electron chi connectivity index (χ3n) is 6.15. The third-order valence-corrected chi connectivity index (χ3v) is 7.14. The second-order valence-electron chi connectivity index (χ2n) is 9.37. The molecule has 0 aliphatic heterocycles. The van der Waals surface area contributed by atoms with E-state index in [4.69, 9.17) is 0 Å². The summed E-state index contributed by atoms with van der Waals surface area (Å²) in [5.74, 6) is -0.728. The number of rotatable bonds is 9. The highest BCUT2D eigenvalue weighted by atomic mass is 32.2. The van der Waals surface area contributed by atoms with Crippen molar-refractivity contribution in [1.82, 2.24) is 5.32 Å². The average molecular weight is 550 g/mol. The molecule has 3 N–H and O–H groups in total. The molecule has 40 heavy (non-hydrogen) atoms. The molecule has 0 saturated carbocycles. The van der Waals surface area contributed by atoms with Crippen LogP contribution in [0.5, 0.6) is 0 Å². The van der Waals surface area contributed by atoms with Crippen molar-refractivity contribution < 1.29 is 14.4 Å². The first-order chi connectivity index (χ1) is 19.3. The van der Waals surface area contributed by atoms with Crippen LogP contribution in [0.15, 0.2) is 108 Å². The lowest BCUT2D eigenvalue weighted by Crippen LogP contribution is -2.30. The number of aryl methyl sites for hydroxylation is 3. The largest absolute Gasteiger partial charge is 0.325 e. The van der Waals surface area contributed by atoms with Gasteiger partial charge < -0.3 is 16.0 Å². The summed E-state index contributed by atoms with van der Waals surface area (Å²) in [4.78, 5) is 39.7. The molecular weight excluding hydrogens is 518 g/mol. The van der Waals surface area contributed by atoms with Gasteiger partial charge in [-0.3, -0.25) is 14.4 Å². The van der Waals surface area contributed by atoms with E-state index in [0.717, 1.165) is 32.8 Å². The van der Waals surface area contributed by atoms with Gasteiger partial charge in [-0.15, -0.1) is 11.8 Å². The Morgan fingerprint density at radius 3 is 2.27 bits per heavy atom. The molecule has 0 atom stereocenters. The van der Waals surface area contributed by atoms with Gasteiger partial charge in [-0.05, 0) is 85.5 Å². The molecule has 0 radical (unpaired) electrons. The Morgan fingerprint density at radius 1 is 0.750 bits per heavy atom. The van der Waals surface area contributed by atoms with Crippen LogP contribution in [0.1, 0.15) is 32.6 Å². The molecule has 7 heteroatoms. The number of nitrogens with one attached hydrogen (secondary N) is 3. The maximum Gasteiger partial charge on any atom is 0.272 e. The summed E-state index contributed by atoms with van der Waals surface area (Å²) < 4.78 is 0. The fourth-order valence-corrected chi connectivity index (χ4v) is 4.67. The molecule has 0 bridgehead atoms. The van der Waals surface area contributed by atoms with E-state index in [2.05, 4.69) is 16.0 Å². The highest BCUT2D eigenvalue weighted by Crippen LogP contribution is 2.23. The molecule has 0 fully saturated rings. The van der Waals surface area contributed by atoms with E-state index in [9.17, 15) is 14.4 Å². The number of benzene rings is 4. The Morgan fingerprint density at radius 2 is 1.50 bits per heavy atom. The minimum Gasteiger partial charge on any atom is -0.325 e. The molecule has 0 heterocycles. The predicted octanol–water partition coefficient (Wildman–Crippen LogP) is 6.75. The van der Waals surface area contributed by atoms with Gasteiger partial charge in [0.15, 0.2) is 0 Å². The quantitative estimate of drug-likeness (QED) is 0.159. The van der Waals surface area contributed by atoms with Crippen molar-refractivity contribution in [3.63, 3.8) is 0 Å². The number of amides is 3. The number of carbonyl (C=O) groups excluding carboxylic acids is 3. The molecule has 3 amide bonds. The number of hydrogen-bond acceptors (Lipinski definition) is 4. The Kier molecular flexibility index (Phi) is 9.54. The van der Waals surface area contributed by atoms with Gasteiger partial charge in [0.25, 0.3) is 11.8 Å². The van der Waals surface area contributed by atoms with Gasteiger partial charge >= 0.3 is 0 Å². The Labute approximate surface area is 238 Å². The van der Waals surface area contributed by atoms with Crippen molar-refractivity contribution in [2.24, 2.45) is 0 Å². The van der Waals surface area contributed by atoms with Gasteiger partial charge in [0.2, 0.25) is 5.91 Å². The first kappa shape index (κ1) is 28.4. The molecular formula is C33H31N3O3S. The van der Waals surface area contributed by atoms with Crippen LogP contribution >= 0.6 is 11.8 Å². The van der Waals surface area contributed by atoms with Gasteiger partial charge in [0.1, 0.15) is 5.70 Å². The Hall–Kier alpha value is -4.62. The SMILES string of the molecule is Cc1ccc(C)c(NC(=O)CSc2cccc(NC(=O)/C(=C/c3ccccc3C)NC(=O)c3ccccc3)c2)c1. The number of carbonyl (C=O) groups is 3. The van der Waals surface area contributed by atoms with Crippen LogP contribution < -0.4 is 16.0 Å². The third kappa shape index (κ3) is 7.94. The summed E-state index contributed by atoms with van der Waals surface area (Å²) in [6.07, 6.45) is 1.67. The van der Waals surface area contributed by atoms with Crippen LogP contribution in [-0.4, -0.2) is 23.5 Å². The molecule has 4 aromatic rings. The topological polar surface area (TPSA) is 87.3 Å². The molecule has 6 nitrogen and oxygen atoms in total. The summed E-state index contributed by atoms with van der Waals surface area (Å²) in [7, 11) is 0. The molecule has 4 rings (SSSR count). The minimum atomic E-state index is -0.456. The zero-order valence-electron chi connectivity index (χ0n) is 22.7. The standard InChI is InChI=1S/C33H31N3O3S/c1-22-16-17-24(3)29(18-22)35-31(37)21-40-28-15-9-14-27(20-28)34-33(39)30(19-26-13-8-7-10-23(26)2)36-32(38)25-11-5-4-6-12-25/h4-20H,21H2,1-3H3,(H,34,39)(H,35,37)(H,36,38)/b30-19-. The van der Waals surface area contributed by atoms with E-state index in [1.165, 1.54) is 11.8 Å². The van der Waals surface area contributed by atoms with Crippen molar-refractivity contribution >= 4 is 46.9 Å². The van der Waals surface area contributed by atoms with Gasteiger partial charge in [-0.2, -0.15) is 0 Å². The van der Waals surface area contributed by atoms with Gasteiger partial charge in [-0.1, -0.05) is 60.7 Å². The van der Waals surface area contributed by atoms with Crippen LogP contribution in [-0.2, 0) is 9.59 Å².